The van der Waals surface area contributed by atoms with Gasteiger partial charge < -0.3 is 4.52 Å². The van der Waals surface area contributed by atoms with Crippen LogP contribution >= 0.6 is 0 Å². The first kappa shape index (κ1) is 12.0. The number of hydrogen-bond donors (Lipinski definition) is 0. The summed E-state index contributed by atoms with van der Waals surface area (Å²) < 4.78 is 30.1. The van der Waals surface area contributed by atoms with Gasteiger partial charge in [-0.25, -0.2) is 4.39 Å². The number of aromatic nitrogens is 1. The highest BCUT2D eigenvalue weighted by molar-refractivity contribution is 7.83. The van der Waals surface area contributed by atoms with Gasteiger partial charge in [-0.15, -0.1) is 0 Å². The maximum Gasteiger partial charge on any atom is 0.149 e. The van der Waals surface area contributed by atoms with Crippen molar-refractivity contribution in [2.75, 3.05) is 0 Å². The minimum absolute atomic E-state index is 0.187. The van der Waals surface area contributed by atoms with Crippen molar-refractivity contribution in [2.45, 2.75) is 18.4 Å². The Balaban J connectivity index is 2.01. The highest BCUT2D eigenvalue weighted by Gasteiger charge is 2.09. The van der Waals surface area contributed by atoms with E-state index in [1.165, 1.54) is 6.07 Å². The van der Waals surface area contributed by atoms with Crippen molar-refractivity contribution in [2.24, 2.45) is 0 Å². The third kappa shape index (κ3) is 3.23. The molecule has 0 N–H and O–H groups in total. The smallest absolute Gasteiger partial charge is 0.149 e. The summed E-state index contributed by atoms with van der Waals surface area (Å²) in [6.07, 6.45) is 0. The number of nitrogens with zero attached hydrogens (tertiary/aromatic N) is 1. The number of benzene rings is 1. The normalized spacial score (nSPS) is 12.6. The van der Waals surface area contributed by atoms with E-state index in [1.807, 2.05) is 0 Å². The second-order valence-electron chi connectivity index (χ2n) is 3.75. The van der Waals surface area contributed by atoms with Crippen molar-refractivity contribution in [1.82, 2.24) is 5.16 Å². The van der Waals surface area contributed by atoms with Gasteiger partial charge in [0.2, 0.25) is 0 Å². The largest absolute Gasteiger partial charge is 0.360 e. The zero-order valence-corrected chi connectivity index (χ0v) is 10.2. The zero-order valence-electron chi connectivity index (χ0n) is 9.35. The summed E-state index contributed by atoms with van der Waals surface area (Å²) in [4.78, 5) is 0. The predicted octanol–water partition coefficient (Wildman–Crippen LogP) is 2.57. The Morgan fingerprint density at radius 1 is 1.35 bits per heavy atom. The molecule has 90 valence electrons. The maximum absolute atomic E-state index is 13.3. The SMILES string of the molecule is Cc1cc(C[S@@](=O)Cc2ccccc2F)on1. The molecule has 0 aliphatic carbocycles. The molecule has 1 atom stereocenters. The fourth-order valence-electron chi connectivity index (χ4n) is 1.48. The van der Waals surface area contributed by atoms with Gasteiger partial charge in [0, 0.05) is 22.4 Å². The van der Waals surface area contributed by atoms with Crippen LogP contribution in [0.2, 0.25) is 0 Å². The summed E-state index contributed by atoms with van der Waals surface area (Å²) in [6.45, 7) is 1.80. The molecule has 1 aromatic heterocycles. The molecular formula is C12H12FNO2S. The van der Waals surface area contributed by atoms with Crippen LogP contribution in [0.25, 0.3) is 0 Å². The lowest BCUT2D eigenvalue weighted by Crippen LogP contribution is -2.00. The van der Waals surface area contributed by atoms with E-state index in [1.54, 1.807) is 31.2 Å². The number of rotatable bonds is 4. The lowest BCUT2D eigenvalue weighted by molar-refractivity contribution is 0.390. The number of hydrogen-bond acceptors (Lipinski definition) is 3. The molecule has 17 heavy (non-hydrogen) atoms. The number of aryl methyl sites for hydroxylation is 1. The third-order valence-electron chi connectivity index (χ3n) is 2.25. The molecule has 0 radical (unpaired) electrons. The quantitative estimate of drug-likeness (QED) is 0.841. The monoisotopic (exact) mass is 253 g/mol. The molecule has 0 saturated heterocycles. The van der Waals surface area contributed by atoms with Crippen LogP contribution in [-0.4, -0.2) is 9.37 Å². The lowest BCUT2D eigenvalue weighted by atomic mass is 10.2. The molecule has 0 saturated carbocycles. The van der Waals surface area contributed by atoms with E-state index in [4.69, 9.17) is 4.52 Å². The molecule has 1 heterocycles. The second-order valence-corrected chi connectivity index (χ2v) is 5.21. The molecule has 0 unspecified atom stereocenters. The van der Waals surface area contributed by atoms with Gasteiger partial charge in [-0.3, -0.25) is 4.21 Å². The Morgan fingerprint density at radius 3 is 2.76 bits per heavy atom. The van der Waals surface area contributed by atoms with E-state index in [0.29, 0.717) is 11.3 Å². The van der Waals surface area contributed by atoms with Gasteiger partial charge in [-0.05, 0) is 13.0 Å². The summed E-state index contributed by atoms with van der Waals surface area (Å²) in [7, 11) is -1.19. The first-order valence-corrected chi connectivity index (χ1v) is 6.64. The lowest BCUT2D eigenvalue weighted by Gasteiger charge is -2.01. The molecule has 1 aromatic carbocycles. The molecule has 5 heteroatoms. The summed E-state index contributed by atoms with van der Waals surface area (Å²) in [5.74, 6) is 0.688. The van der Waals surface area contributed by atoms with Crippen LogP contribution in [0, 0.1) is 12.7 Å². The average Bonchev–Trinajstić information content (AvgIpc) is 2.67. The molecule has 0 fully saturated rings. The summed E-state index contributed by atoms with van der Waals surface area (Å²) in [5, 5.41) is 3.71. The van der Waals surface area contributed by atoms with Crippen molar-refractivity contribution in [3.05, 3.63) is 53.2 Å². The van der Waals surface area contributed by atoms with Crippen LogP contribution in [0.1, 0.15) is 17.0 Å². The summed E-state index contributed by atoms with van der Waals surface area (Å²) in [5.41, 5.74) is 1.21. The van der Waals surface area contributed by atoms with Gasteiger partial charge in [-0.2, -0.15) is 0 Å². The topological polar surface area (TPSA) is 43.1 Å². The summed E-state index contributed by atoms with van der Waals surface area (Å²) >= 11 is 0. The van der Waals surface area contributed by atoms with E-state index in [-0.39, 0.29) is 17.3 Å². The molecule has 0 spiro atoms. The predicted molar refractivity (Wildman–Crippen MR) is 63.2 cm³/mol. The molecule has 2 aromatic rings. The van der Waals surface area contributed by atoms with E-state index >= 15 is 0 Å². The van der Waals surface area contributed by atoms with Gasteiger partial charge in [-0.1, -0.05) is 23.4 Å². The highest BCUT2D eigenvalue weighted by atomic mass is 32.2. The molecule has 0 bridgehead atoms. The van der Waals surface area contributed by atoms with Crippen LogP contribution < -0.4 is 0 Å². The van der Waals surface area contributed by atoms with Crippen molar-refractivity contribution < 1.29 is 13.1 Å². The Hall–Kier alpha value is -1.49. The molecule has 0 amide bonds. The average molecular weight is 253 g/mol. The van der Waals surface area contributed by atoms with Crippen molar-refractivity contribution in [1.29, 1.82) is 0 Å². The third-order valence-corrected chi connectivity index (χ3v) is 3.49. The van der Waals surface area contributed by atoms with Crippen molar-refractivity contribution in [3.63, 3.8) is 0 Å². The van der Waals surface area contributed by atoms with Crippen LogP contribution in [0.3, 0.4) is 0 Å². The Morgan fingerprint density at radius 2 is 2.12 bits per heavy atom. The van der Waals surface area contributed by atoms with Crippen molar-refractivity contribution >= 4 is 10.8 Å². The van der Waals surface area contributed by atoms with Crippen LogP contribution in [0.4, 0.5) is 4.39 Å². The van der Waals surface area contributed by atoms with E-state index in [0.717, 1.165) is 5.69 Å². The Kier molecular flexibility index (Phi) is 3.68. The standard InChI is InChI=1S/C12H12FNO2S/c1-9-6-11(16-14-9)8-17(15)7-10-4-2-3-5-12(10)13/h2-6H,7-8H2,1H3/t17-/m0/s1. The van der Waals surface area contributed by atoms with Gasteiger partial charge in [0.05, 0.1) is 17.2 Å². The fraction of sp³-hybridized carbons (Fsp3) is 0.250. The van der Waals surface area contributed by atoms with Crippen LogP contribution in [0.15, 0.2) is 34.9 Å². The van der Waals surface area contributed by atoms with Gasteiger partial charge >= 0.3 is 0 Å². The van der Waals surface area contributed by atoms with Gasteiger partial charge in [0.25, 0.3) is 0 Å². The molecule has 3 nitrogen and oxygen atoms in total. The highest BCUT2D eigenvalue weighted by Crippen LogP contribution is 2.12. The maximum atomic E-state index is 13.3. The molecule has 0 aliphatic heterocycles. The van der Waals surface area contributed by atoms with Gasteiger partial charge in [0.1, 0.15) is 11.6 Å². The zero-order chi connectivity index (χ0) is 12.3. The van der Waals surface area contributed by atoms with E-state index in [2.05, 4.69) is 5.16 Å². The second kappa shape index (κ2) is 5.23. The molecular weight excluding hydrogens is 241 g/mol. The minimum atomic E-state index is -1.19. The van der Waals surface area contributed by atoms with E-state index in [9.17, 15) is 8.60 Å². The Labute approximate surface area is 101 Å². The Bertz CT molecular complexity index is 539. The van der Waals surface area contributed by atoms with Crippen LogP contribution in [0.5, 0.6) is 0 Å². The molecule has 2 rings (SSSR count). The van der Waals surface area contributed by atoms with Gasteiger partial charge in [0.15, 0.2) is 0 Å². The van der Waals surface area contributed by atoms with E-state index < -0.39 is 10.8 Å². The fourth-order valence-corrected chi connectivity index (χ4v) is 2.62. The number of halogens is 1. The minimum Gasteiger partial charge on any atom is -0.360 e. The molecule has 0 aliphatic rings. The first-order chi connectivity index (χ1) is 8.15. The van der Waals surface area contributed by atoms with Crippen molar-refractivity contribution in [3.8, 4) is 0 Å². The summed E-state index contributed by atoms with van der Waals surface area (Å²) in [6, 6.07) is 8.08. The first-order valence-electron chi connectivity index (χ1n) is 5.16. The van der Waals surface area contributed by atoms with Crippen LogP contribution in [-0.2, 0) is 22.3 Å².